The second-order valence-corrected chi connectivity index (χ2v) is 5.95. The lowest BCUT2D eigenvalue weighted by Gasteiger charge is -1.96. The number of nitrogens with zero attached hydrogens (tertiary/aromatic N) is 1. The van der Waals surface area contributed by atoms with Crippen molar-refractivity contribution in [3.8, 4) is 16.5 Å². The van der Waals surface area contributed by atoms with Crippen molar-refractivity contribution >= 4 is 44.8 Å². The summed E-state index contributed by atoms with van der Waals surface area (Å²) in [4.78, 5) is 15.1. The topological polar surface area (TPSA) is 39.2 Å². The maximum Gasteiger partial charge on any atom is 0.309 e. The van der Waals surface area contributed by atoms with Gasteiger partial charge in [-0.2, -0.15) is 0 Å². The van der Waals surface area contributed by atoms with Crippen molar-refractivity contribution in [1.29, 1.82) is 0 Å². The second-order valence-electron chi connectivity index (χ2n) is 3.20. The Morgan fingerprint density at radius 1 is 1.41 bits per heavy atom. The van der Waals surface area contributed by atoms with E-state index in [0.29, 0.717) is 14.7 Å². The van der Waals surface area contributed by atoms with Gasteiger partial charge < -0.3 is 4.74 Å². The Hall–Kier alpha value is -0.910. The van der Waals surface area contributed by atoms with Gasteiger partial charge in [0.05, 0.1) is 0 Å². The van der Waals surface area contributed by atoms with E-state index >= 15 is 0 Å². The number of aromatic nitrogens is 1. The molecule has 0 fully saturated rings. The molecule has 0 N–H and O–H groups in total. The van der Waals surface area contributed by atoms with Gasteiger partial charge in [-0.1, -0.05) is 23.7 Å². The molecule has 0 saturated carbocycles. The van der Waals surface area contributed by atoms with Gasteiger partial charge in [0.25, 0.3) is 0 Å². The van der Waals surface area contributed by atoms with Gasteiger partial charge in [0.2, 0.25) is 5.88 Å². The van der Waals surface area contributed by atoms with Gasteiger partial charge >= 0.3 is 5.97 Å². The van der Waals surface area contributed by atoms with E-state index in [1.165, 1.54) is 18.3 Å². The molecule has 1 heterocycles. The van der Waals surface area contributed by atoms with Crippen LogP contribution in [-0.2, 0) is 4.79 Å². The maximum absolute atomic E-state index is 10.9. The summed E-state index contributed by atoms with van der Waals surface area (Å²) in [6.07, 6.45) is 0. The number of hydrogen-bond acceptors (Lipinski definition) is 4. The molecule has 1 aromatic carbocycles. The number of hydrogen-bond donors (Lipinski definition) is 0. The monoisotopic (exact) mass is 331 g/mol. The first kappa shape index (κ1) is 12.5. The minimum atomic E-state index is -0.390. The van der Waals surface area contributed by atoms with E-state index < -0.39 is 5.97 Å². The molecular formula is C11H7BrClNO2S. The van der Waals surface area contributed by atoms with Gasteiger partial charge in [-0.15, -0.1) is 11.3 Å². The van der Waals surface area contributed by atoms with E-state index in [9.17, 15) is 4.79 Å². The molecule has 2 rings (SSSR count). The molecule has 0 aliphatic carbocycles. The van der Waals surface area contributed by atoms with Crippen LogP contribution >= 0.6 is 38.9 Å². The first-order chi connectivity index (χ1) is 8.06. The summed E-state index contributed by atoms with van der Waals surface area (Å²) < 4.78 is 5.65. The van der Waals surface area contributed by atoms with Crippen LogP contribution in [-0.4, -0.2) is 11.0 Å². The van der Waals surface area contributed by atoms with Crippen LogP contribution in [0.4, 0.5) is 0 Å². The predicted molar refractivity (Wildman–Crippen MR) is 71.6 cm³/mol. The van der Waals surface area contributed by atoms with Crippen molar-refractivity contribution in [2.24, 2.45) is 0 Å². The van der Waals surface area contributed by atoms with Crippen molar-refractivity contribution in [1.82, 2.24) is 4.98 Å². The number of carbonyl (C=O) groups excluding carboxylic acids is 1. The number of carbonyl (C=O) groups is 1. The summed E-state index contributed by atoms with van der Waals surface area (Å²) in [5.41, 5.74) is 0.929. The molecule has 0 amide bonds. The van der Waals surface area contributed by atoms with Crippen molar-refractivity contribution in [3.05, 3.63) is 33.1 Å². The molecule has 0 saturated heterocycles. The third-order valence-electron chi connectivity index (χ3n) is 1.89. The third-order valence-corrected chi connectivity index (χ3v) is 3.84. The molecule has 0 atom stereocenters. The van der Waals surface area contributed by atoms with Gasteiger partial charge in [-0.05, 0) is 28.1 Å². The molecule has 6 heteroatoms. The van der Waals surface area contributed by atoms with Gasteiger partial charge in [0, 0.05) is 17.5 Å². The number of rotatable bonds is 2. The Morgan fingerprint density at radius 2 is 2.06 bits per heavy atom. The fraction of sp³-hybridized carbons (Fsp3) is 0.0909. The highest BCUT2D eigenvalue weighted by Gasteiger charge is 2.13. The lowest BCUT2D eigenvalue weighted by molar-refractivity contribution is -0.132. The van der Waals surface area contributed by atoms with Gasteiger partial charge in [-0.3, -0.25) is 4.79 Å². The van der Waals surface area contributed by atoms with Gasteiger partial charge in [0.1, 0.15) is 8.79 Å². The smallest absolute Gasteiger partial charge is 0.309 e. The summed E-state index contributed by atoms with van der Waals surface area (Å²) in [6.45, 7) is 1.34. The van der Waals surface area contributed by atoms with Crippen LogP contribution in [0.3, 0.4) is 0 Å². The SMILES string of the molecule is CC(=O)Oc1nc(-c2ccc(Cl)cc2)sc1Br. The van der Waals surface area contributed by atoms with Gasteiger partial charge in [0.15, 0.2) is 0 Å². The third kappa shape index (κ3) is 3.06. The quantitative estimate of drug-likeness (QED) is 0.776. The summed E-state index contributed by atoms with van der Waals surface area (Å²) >= 11 is 10.5. The number of ether oxygens (including phenoxy) is 1. The summed E-state index contributed by atoms with van der Waals surface area (Å²) in [5.74, 6) is -0.0916. The van der Waals surface area contributed by atoms with Crippen molar-refractivity contribution in [2.45, 2.75) is 6.92 Å². The fourth-order valence-electron chi connectivity index (χ4n) is 1.20. The molecule has 17 heavy (non-hydrogen) atoms. The lowest BCUT2D eigenvalue weighted by atomic mass is 10.2. The molecule has 0 bridgehead atoms. The van der Waals surface area contributed by atoms with Crippen LogP contribution in [0.2, 0.25) is 5.02 Å². The van der Waals surface area contributed by atoms with E-state index in [1.807, 2.05) is 12.1 Å². The average molecular weight is 333 g/mol. The molecule has 0 unspecified atom stereocenters. The zero-order chi connectivity index (χ0) is 12.4. The second kappa shape index (κ2) is 5.16. The van der Waals surface area contributed by atoms with Crippen LogP contribution in [0.25, 0.3) is 10.6 Å². The van der Waals surface area contributed by atoms with Crippen molar-refractivity contribution in [3.63, 3.8) is 0 Å². The first-order valence-electron chi connectivity index (χ1n) is 4.67. The lowest BCUT2D eigenvalue weighted by Crippen LogP contribution is -2.01. The van der Waals surface area contributed by atoms with E-state index in [2.05, 4.69) is 20.9 Å². The summed E-state index contributed by atoms with van der Waals surface area (Å²) in [7, 11) is 0. The van der Waals surface area contributed by atoms with Crippen LogP contribution in [0.15, 0.2) is 28.1 Å². The number of thiazole rings is 1. The standard InChI is InChI=1S/C11H7BrClNO2S/c1-6(15)16-10-9(12)17-11(14-10)7-2-4-8(13)5-3-7/h2-5H,1H3. The molecule has 0 radical (unpaired) electrons. The zero-order valence-electron chi connectivity index (χ0n) is 8.74. The Balaban J connectivity index is 2.34. The van der Waals surface area contributed by atoms with Gasteiger partial charge in [-0.25, -0.2) is 4.98 Å². The van der Waals surface area contributed by atoms with E-state index in [1.54, 1.807) is 12.1 Å². The first-order valence-corrected chi connectivity index (χ1v) is 6.65. The maximum atomic E-state index is 10.9. The normalized spacial score (nSPS) is 10.3. The van der Waals surface area contributed by atoms with Crippen molar-refractivity contribution in [2.75, 3.05) is 0 Å². The Kier molecular flexibility index (Phi) is 3.81. The van der Waals surface area contributed by atoms with E-state index in [0.717, 1.165) is 10.6 Å². The minimum absolute atomic E-state index is 0.299. The Labute approximate surface area is 116 Å². The number of benzene rings is 1. The van der Waals surface area contributed by atoms with E-state index in [4.69, 9.17) is 16.3 Å². The zero-order valence-corrected chi connectivity index (χ0v) is 11.9. The molecule has 0 aliphatic heterocycles. The van der Waals surface area contributed by atoms with Crippen LogP contribution in [0.1, 0.15) is 6.92 Å². The molecule has 88 valence electrons. The summed E-state index contributed by atoms with van der Waals surface area (Å²) in [6, 6.07) is 7.31. The fourth-order valence-corrected chi connectivity index (χ4v) is 2.68. The molecule has 3 nitrogen and oxygen atoms in total. The molecule has 1 aromatic heterocycles. The van der Waals surface area contributed by atoms with Crippen LogP contribution in [0.5, 0.6) is 5.88 Å². The average Bonchev–Trinajstić information content (AvgIpc) is 2.60. The Bertz CT molecular complexity index is 553. The van der Waals surface area contributed by atoms with Crippen molar-refractivity contribution < 1.29 is 9.53 Å². The summed E-state index contributed by atoms with van der Waals surface area (Å²) in [5, 5.41) is 1.44. The predicted octanol–water partition coefficient (Wildman–Crippen LogP) is 4.15. The van der Waals surface area contributed by atoms with Crippen LogP contribution < -0.4 is 4.74 Å². The van der Waals surface area contributed by atoms with E-state index in [-0.39, 0.29) is 0 Å². The Morgan fingerprint density at radius 3 is 2.65 bits per heavy atom. The minimum Gasteiger partial charge on any atom is -0.405 e. The number of esters is 1. The molecule has 2 aromatic rings. The largest absolute Gasteiger partial charge is 0.405 e. The molecular weight excluding hydrogens is 326 g/mol. The van der Waals surface area contributed by atoms with Crippen LogP contribution in [0, 0.1) is 0 Å². The highest BCUT2D eigenvalue weighted by atomic mass is 79.9. The highest BCUT2D eigenvalue weighted by molar-refractivity contribution is 9.11. The molecule has 0 spiro atoms. The number of halogens is 2. The highest BCUT2D eigenvalue weighted by Crippen LogP contribution is 2.36. The molecule has 0 aliphatic rings.